The molecule has 0 radical (unpaired) electrons. The van der Waals surface area contributed by atoms with Gasteiger partial charge in [0.25, 0.3) is 0 Å². The number of nitrogens with zero attached hydrogens (tertiary/aromatic N) is 2. The summed E-state index contributed by atoms with van der Waals surface area (Å²) in [6.07, 6.45) is 0.973. The van der Waals surface area contributed by atoms with Gasteiger partial charge in [0.15, 0.2) is 8.32 Å². The second-order valence-electron chi connectivity index (χ2n) is 12.7. The lowest BCUT2D eigenvalue weighted by Gasteiger charge is -2.47. The fourth-order valence-corrected chi connectivity index (χ4v) is 6.91. The van der Waals surface area contributed by atoms with Gasteiger partial charge >= 0.3 is 0 Å². The number of hydrogen-bond acceptors (Lipinski definition) is 5. The molecule has 2 heterocycles. The van der Waals surface area contributed by atoms with Crippen LogP contribution in [0.5, 0.6) is 0 Å². The molecule has 1 aliphatic rings. The lowest BCUT2D eigenvalue weighted by Crippen LogP contribution is -2.53. The minimum Gasteiger partial charge on any atom is -0.404 e. The number of ether oxygens (including phenoxy) is 3. The van der Waals surface area contributed by atoms with Crippen LogP contribution in [0.3, 0.4) is 0 Å². The van der Waals surface area contributed by atoms with Gasteiger partial charge in [0.2, 0.25) is 0 Å². The second kappa shape index (κ2) is 14.2. The molecule has 2 unspecified atom stereocenters. The Morgan fingerprint density at radius 3 is 1.74 bits per heavy atom. The van der Waals surface area contributed by atoms with E-state index in [2.05, 4.69) is 104 Å². The van der Waals surface area contributed by atoms with Crippen molar-refractivity contribution in [2.24, 2.45) is 0 Å². The van der Waals surface area contributed by atoms with Crippen molar-refractivity contribution in [1.82, 2.24) is 9.55 Å². The summed E-state index contributed by atoms with van der Waals surface area (Å²) in [6.45, 7) is 13.2. The van der Waals surface area contributed by atoms with Crippen LogP contribution >= 0.6 is 22.6 Å². The molecule has 4 atom stereocenters. The molecule has 3 aromatic carbocycles. The first-order chi connectivity index (χ1) is 20.6. The van der Waals surface area contributed by atoms with Crippen LogP contribution in [-0.2, 0) is 38.5 Å². The minimum absolute atomic E-state index is 0.0115. The molecule has 0 spiro atoms. The average molecular weight is 711 g/mol. The van der Waals surface area contributed by atoms with Gasteiger partial charge in [-0.3, -0.25) is 0 Å². The summed E-state index contributed by atoms with van der Waals surface area (Å²) < 4.78 is 30.4. The molecule has 43 heavy (non-hydrogen) atoms. The van der Waals surface area contributed by atoms with Crippen LogP contribution in [0.15, 0.2) is 97.2 Å². The highest BCUT2D eigenvalue weighted by Crippen LogP contribution is 2.45. The molecule has 1 aliphatic heterocycles. The zero-order valence-electron chi connectivity index (χ0n) is 25.8. The molecular formula is C35H43IN2O4Si. The molecule has 0 amide bonds. The van der Waals surface area contributed by atoms with Crippen molar-refractivity contribution in [2.75, 3.05) is 6.61 Å². The van der Waals surface area contributed by atoms with E-state index in [1.165, 1.54) is 0 Å². The lowest BCUT2D eigenvalue weighted by atomic mass is 9.95. The second-order valence-corrected chi connectivity index (χ2v) is 18.6. The van der Waals surface area contributed by atoms with E-state index in [0.29, 0.717) is 26.4 Å². The SMILES string of the molecule is CC(C)(C)[Si](C)(C)OC1c2nc(I)cn2C(COCc2ccccc2)[C@H](OCc2ccccc2)[C@H]1OCc1ccccc1. The Bertz CT molecular complexity index is 1430. The van der Waals surface area contributed by atoms with Crippen molar-refractivity contribution in [1.29, 1.82) is 0 Å². The van der Waals surface area contributed by atoms with Gasteiger partial charge in [0.1, 0.15) is 27.8 Å². The highest BCUT2D eigenvalue weighted by Gasteiger charge is 2.50. The first-order valence-electron chi connectivity index (χ1n) is 15.0. The third-order valence-corrected chi connectivity index (χ3v) is 13.5. The van der Waals surface area contributed by atoms with Crippen molar-refractivity contribution < 1.29 is 18.6 Å². The molecular weight excluding hydrogens is 667 g/mol. The Labute approximate surface area is 271 Å². The molecule has 0 aliphatic carbocycles. The number of benzene rings is 3. The van der Waals surface area contributed by atoms with Crippen LogP contribution in [0.1, 0.15) is 55.4 Å². The maximum absolute atomic E-state index is 7.19. The maximum Gasteiger partial charge on any atom is 0.193 e. The monoisotopic (exact) mass is 710 g/mol. The number of rotatable bonds is 12. The van der Waals surface area contributed by atoms with Crippen molar-refractivity contribution in [3.05, 3.63) is 123 Å². The normalized spacial score (nSPS) is 20.6. The highest BCUT2D eigenvalue weighted by atomic mass is 127. The Balaban J connectivity index is 1.53. The van der Waals surface area contributed by atoms with Gasteiger partial charge in [0, 0.05) is 6.20 Å². The smallest absolute Gasteiger partial charge is 0.193 e. The first kappa shape index (κ1) is 32.1. The summed E-state index contributed by atoms with van der Waals surface area (Å²) in [4.78, 5) is 5.03. The van der Waals surface area contributed by atoms with Crippen LogP contribution in [-0.4, -0.2) is 36.7 Å². The predicted molar refractivity (Wildman–Crippen MR) is 181 cm³/mol. The van der Waals surface area contributed by atoms with Gasteiger partial charge in [-0.05, 0) is 57.4 Å². The quantitative estimate of drug-likeness (QED) is 0.109. The van der Waals surface area contributed by atoms with E-state index >= 15 is 0 Å². The molecule has 6 nitrogen and oxygen atoms in total. The highest BCUT2D eigenvalue weighted by molar-refractivity contribution is 14.1. The number of halogens is 1. The molecule has 0 bridgehead atoms. The minimum atomic E-state index is -2.23. The van der Waals surface area contributed by atoms with Crippen molar-refractivity contribution in [3.8, 4) is 0 Å². The molecule has 0 N–H and O–H groups in total. The number of aromatic nitrogens is 2. The van der Waals surface area contributed by atoms with Crippen molar-refractivity contribution in [3.63, 3.8) is 0 Å². The van der Waals surface area contributed by atoms with Gasteiger partial charge in [-0.15, -0.1) is 0 Å². The van der Waals surface area contributed by atoms with E-state index in [-0.39, 0.29) is 23.3 Å². The third-order valence-electron chi connectivity index (χ3n) is 8.54. The van der Waals surface area contributed by atoms with Crippen LogP contribution in [0.2, 0.25) is 18.1 Å². The van der Waals surface area contributed by atoms with Gasteiger partial charge in [0.05, 0.1) is 32.5 Å². The van der Waals surface area contributed by atoms with E-state index in [1.807, 2.05) is 54.6 Å². The Morgan fingerprint density at radius 2 is 1.23 bits per heavy atom. The zero-order chi connectivity index (χ0) is 30.5. The molecule has 4 aromatic rings. The van der Waals surface area contributed by atoms with E-state index in [9.17, 15) is 0 Å². The summed E-state index contributed by atoms with van der Waals surface area (Å²) in [5, 5.41) is 0.0115. The standard InChI is InChI=1S/C35H43IN2O4Si/c1-35(2,3)43(4,5)42-33-32(41-24-28-19-13-8-14-20-28)31(40-23-27-17-11-7-12-18-27)29(38-21-30(36)37-34(33)38)25-39-22-26-15-9-6-10-16-26/h6-21,29,31-33H,22-25H2,1-5H3/t29?,31-,32+,33?/m0/s1. The van der Waals surface area contributed by atoms with Crippen LogP contribution in [0, 0.1) is 3.70 Å². The van der Waals surface area contributed by atoms with E-state index in [1.54, 1.807) is 0 Å². The molecule has 0 saturated carbocycles. The van der Waals surface area contributed by atoms with Gasteiger partial charge in [-0.2, -0.15) is 0 Å². The summed E-state index contributed by atoms with van der Waals surface area (Å²) >= 11 is 2.30. The number of imidazole rings is 1. The zero-order valence-corrected chi connectivity index (χ0v) is 28.9. The molecule has 5 rings (SSSR count). The Hall–Kier alpha value is -2.34. The fourth-order valence-electron chi connectivity index (χ4n) is 5.13. The number of fused-ring (bicyclic) bond motifs is 1. The van der Waals surface area contributed by atoms with Gasteiger partial charge in [-0.1, -0.05) is 112 Å². The summed E-state index contributed by atoms with van der Waals surface area (Å²) in [6, 6.07) is 30.7. The third kappa shape index (κ3) is 8.04. The van der Waals surface area contributed by atoms with E-state index < -0.39 is 14.4 Å². The topological polar surface area (TPSA) is 54.7 Å². The van der Waals surface area contributed by atoms with E-state index in [0.717, 1.165) is 26.2 Å². The summed E-state index contributed by atoms with van der Waals surface area (Å²) in [7, 11) is -2.23. The summed E-state index contributed by atoms with van der Waals surface area (Å²) in [5.74, 6) is 0.875. The largest absolute Gasteiger partial charge is 0.404 e. The van der Waals surface area contributed by atoms with Crippen LogP contribution < -0.4 is 0 Å². The van der Waals surface area contributed by atoms with Gasteiger partial charge < -0.3 is 23.2 Å². The molecule has 0 fully saturated rings. The first-order valence-corrected chi connectivity index (χ1v) is 19.0. The Morgan fingerprint density at radius 1 is 0.744 bits per heavy atom. The molecule has 228 valence electrons. The lowest BCUT2D eigenvalue weighted by molar-refractivity contribution is -0.169. The van der Waals surface area contributed by atoms with Crippen molar-refractivity contribution in [2.45, 2.75) is 83.1 Å². The average Bonchev–Trinajstić information content (AvgIpc) is 3.39. The maximum atomic E-state index is 7.19. The molecule has 0 saturated heterocycles. The van der Waals surface area contributed by atoms with Crippen LogP contribution in [0.4, 0.5) is 0 Å². The summed E-state index contributed by atoms with van der Waals surface area (Å²) in [5.41, 5.74) is 3.36. The Kier molecular flexibility index (Phi) is 10.6. The predicted octanol–water partition coefficient (Wildman–Crippen LogP) is 8.49. The molecule has 8 heteroatoms. The fraction of sp³-hybridized carbons (Fsp3) is 0.400. The van der Waals surface area contributed by atoms with Gasteiger partial charge in [-0.25, -0.2) is 4.98 Å². The van der Waals surface area contributed by atoms with Crippen molar-refractivity contribution >= 4 is 30.9 Å². The van der Waals surface area contributed by atoms with Crippen LogP contribution in [0.25, 0.3) is 0 Å². The molecule has 1 aromatic heterocycles. The number of hydrogen-bond donors (Lipinski definition) is 0. The van der Waals surface area contributed by atoms with E-state index in [4.69, 9.17) is 23.6 Å².